The average molecular weight is 296 g/mol. The number of rotatable bonds is 5. The van der Waals surface area contributed by atoms with E-state index in [-0.39, 0.29) is 17.4 Å². The van der Waals surface area contributed by atoms with Crippen molar-refractivity contribution in [3.05, 3.63) is 29.8 Å². The molecular formula is C16H22ClNO2. The van der Waals surface area contributed by atoms with Crippen LogP contribution in [-0.2, 0) is 4.79 Å². The molecule has 0 saturated heterocycles. The zero-order valence-corrected chi connectivity index (χ0v) is 12.9. The topological polar surface area (TPSA) is 38.3 Å². The van der Waals surface area contributed by atoms with Crippen LogP contribution in [0.4, 0.5) is 0 Å². The molecule has 0 aromatic heterocycles. The molecular weight excluding hydrogens is 274 g/mol. The maximum Gasteiger partial charge on any atom is 0.228 e. The molecule has 1 aliphatic heterocycles. The summed E-state index contributed by atoms with van der Waals surface area (Å²) in [5.74, 6) is 1.33. The van der Waals surface area contributed by atoms with Gasteiger partial charge in [0, 0.05) is 17.0 Å². The summed E-state index contributed by atoms with van der Waals surface area (Å²) in [6.07, 6.45) is 2.38. The van der Waals surface area contributed by atoms with Crippen LogP contribution < -0.4 is 10.1 Å². The first-order valence-corrected chi connectivity index (χ1v) is 7.73. The van der Waals surface area contributed by atoms with Crippen molar-refractivity contribution in [2.24, 2.45) is 0 Å². The zero-order chi connectivity index (χ0) is 14.6. The van der Waals surface area contributed by atoms with E-state index in [1.807, 2.05) is 24.3 Å². The third-order valence-electron chi connectivity index (χ3n) is 4.13. The minimum absolute atomic E-state index is 0.0789. The van der Waals surface area contributed by atoms with Crippen molar-refractivity contribution in [3.8, 4) is 5.75 Å². The van der Waals surface area contributed by atoms with E-state index in [4.69, 9.17) is 16.3 Å². The molecule has 2 unspecified atom stereocenters. The van der Waals surface area contributed by atoms with Gasteiger partial charge in [-0.25, -0.2) is 0 Å². The first kappa shape index (κ1) is 15.2. The predicted octanol–water partition coefficient (Wildman–Crippen LogP) is 3.47. The van der Waals surface area contributed by atoms with Crippen molar-refractivity contribution < 1.29 is 9.53 Å². The number of para-hydroxylation sites is 1. The second kappa shape index (κ2) is 6.49. The van der Waals surface area contributed by atoms with E-state index in [0.29, 0.717) is 12.5 Å². The Bertz CT molecular complexity index is 477. The van der Waals surface area contributed by atoms with Crippen LogP contribution in [0.25, 0.3) is 0 Å². The van der Waals surface area contributed by atoms with Gasteiger partial charge in [-0.2, -0.15) is 0 Å². The van der Waals surface area contributed by atoms with Gasteiger partial charge in [0.1, 0.15) is 5.75 Å². The number of benzene rings is 1. The smallest absolute Gasteiger partial charge is 0.228 e. The second-order valence-electron chi connectivity index (χ2n) is 5.57. The Kier molecular flexibility index (Phi) is 4.92. The van der Waals surface area contributed by atoms with E-state index in [0.717, 1.165) is 30.6 Å². The van der Waals surface area contributed by atoms with Crippen molar-refractivity contribution in [1.82, 2.24) is 5.32 Å². The van der Waals surface area contributed by atoms with E-state index in [1.165, 1.54) is 0 Å². The number of nitrogens with one attached hydrogen (secondary N) is 1. The molecule has 110 valence electrons. The van der Waals surface area contributed by atoms with Crippen molar-refractivity contribution >= 4 is 17.5 Å². The van der Waals surface area contributed by atoms with Gasteiger partial charge in [-0.05, 0) is 32.3 Å². The van der Waals surface area contributed by atoms with E-state index >= 15 is 0 Å². The molecule has 0 radical (unpaired) electrons. The Hall–Kier alpha value is -1.22. The minimum atomic E-state index is -0.230. The molecule has 1 aliphatic rings. The number of alkyl halides is 1. The second-order valence-corrected chi connectivity index (χ2v) is 5.95. The van der Waals surface area contributed by atoms with E-state index in [2.05, 4.69) is 19.2 Å². The zero-order valence-electron chi connectivity index (χ0n) is 12.1. The van der Waals surface area contributed by atoms with Gasteiger partial charge in [-0.15, -0.1) is 11.6 Å². The quantitative estimate of drug-likeness (QED) is 0.845. The lowest BCUT2D eigenvalue weighted by atomic mass is 9.89. The Morgan fingerprint density at radius 1 is 1.50 bits per heavy atom. The lowest BCUT2D eigenvalue weighted by Crippen LogP contribution is -2.48. The standard InChI is InChI=1S/C16H22ClNO2/c1-3-16(2,9-10-17)18-15(19)13-8-11-20-14-7-5-4-6-12(13)14/h4-7,13H,3,8-11H2,1-2H3,(H,18,19). The molecule has 0 bridgehead atoms. The fraction of sp³-hybridized carbons (Fsp3) is 0.562. The number of hydrogen-bond acceptors (Lipinski definition) is 2. The first-order valence-electron chi connectivity index (χ1n) is 7.19. The van der Waals surface area contributed by atoms with E-state index < -0.39 is 0 Å². The number of fused-ring (bicyclic) bond motifs is 1. The molecule has 0 fully saturated rings. The molecule has 4 heteroatoms. The monoisotopic (exact) mass is 295 g/mol. The van der Waals surface area contributed by atoms with Crippen LogP contribution in [0.3, 0.4) is 0 Å². The third kappa shape index (κ3) is 3.26. The van der Waals surface area contributed by atoms with Gasteiger partial charge >= 0.3 is 0 Å². The summed E-state index contributed by atoms with van der Waals surface area (Å²) >= 11 is 5.84. The van der Waals surface area contributed by atoms with E-state index in [9.17, 15) is 4.79 Å². The molecule has 1 aromatic carbocycles. The van der Waals surface area contributed by atoms with Gasteiger partial charge < -0.3 is 10.1 Å². The highest BCUT2D eigenvalue weighted by molar-refractivity contribution is 6.17. The molecule has 0 saturated carbocycles. The van der Waals surface area contributed by atoms with Crippen LogP contribution in [0.5, 0.6) is 5.75 Å². The Morgan fingerprint density at radius 2 is 2.25 bits per heavy atom. The van der Waals surface area contributed by atoms with Crippen molar-refractivity contribution in [3.63, 3.8) is 0 Å². The van der Waals surface area contributed by atoms with E-state index in [1.54, 1.807) is 0 Å². The van der Waals surface area contributed by atoms with Gasteiger partial charge in [0.15, 0.2) is 0 Å². The number of halogens is 1. The van der Waals surface area contributed by atoms with Gasteiger partial charge in [-0.1, -0.05) is 25.1 Å². The average Bonchev–Trinajstić information content (AvgIpc) is 2.46. The molecule has 1 amide bonds. The SMILES string of the molecule is CCC(C)(CCCl)NC(=O)C1CCOc2ccccc21. The lowest BCUT2D eigenvalue weighted by Gasteiger charge is -2.33. The number of carbonyl (C=O) groups is 1. The number of carbonyl (C=O) groups excluding carboxylic acids is 1. The van der Waals surface area contributed by atoms with Crippen molar-refractivity contribution in [2.75, 3.05) is 12.5 Å². The molecule has 1 aromatic rings. The fourth-order valence-electron chi connectivity index (χ4n) is 2.54. The van der Waals surface area contributed by atoms with Crippen molar-refractivity contribution in [2.45, 2.75) is 44.6 Å². The van der Waals surface area contributed by atoms with Crippen LogP contribution in [-0.4, -0.2) is 23.9 Å². The summed E-state index contributed by atoms with van der Waals surface area (Å²) < 4.78 is 5.61. The Labute approximate surface area is 125 Å². The highest BCUT2D eigenvalue weighted by Crippen LogP contribution is 2.34. The van der Waals surface area contributed by atoms with Crippen LogP contribution in [0.2, 0.25) is 0 Å². The maximum absolute atomic E-state index is 12.6. The van der Waals surface area contributed by atoms with Crippen LogP contribution in [0.15, 0.2) is 24.3 Å². The molecule has 0 aliphatic carbocycles. The van der Waals surface area contributed by atoms with Gasteiger partial charge in [0.05, 0.1) is 12.5 Å². The summed E-state index contributed by atoms with van der Waals surface area (Å²) in [6, 6.07) is 7.78. The highest BCUT2D eigenvalue weighted by Gasteiger charge is 2.31. The minimum Gasteiger partial charge on any atom is -0.493 e. The Balaban J connectivity index is 2.14. The number of amides is 1. The molecule has 2 rings (SSSR count). The first-order chi connectivity index (χ1) is 9.59. The largest absolute Gasteiger partial charge is 0.493 e. The van der Waals surface area contributed by atoms with Crippen LogP contribution in [0, 0.1) is 0 Å². The fourth-order valence-corrected chi connectivity index (χ4v) is 2.95. The number of hydrogen-bond donors (Lipinski definition) is 1. The summed E-state index contributed by atoms with van der Waals surface area (Å²) in [7, 11) is 0. The molecule has 3 nitrogen and oxygen atoms in total. The van der Waals surface area contributed by atoms with Gasteiger partial charge in [0.25, 0.3) is 0 Å². The molecule has 1 heterocycles. The third-order valence-corrected chi connectivity index (χ3v) is 4.32. The van der Waals surface area contributed by atoms with Crippen LogP contribution in [0.1, 0.15) is 44.6 Å². The summed E-state index contributed by atoms with van der Waals surface area (Å²) in [5.41, 5.74) is 0.757. The normalized spacial score (nSPS) is 20.4. The maximum atomic E-state index is 12.6. The van der Waals surface area contributed by atoms with Gasteiger partial charge in [0.2, 0.25) is 5.91 Å². The van der Waals surface area contributed by atoms with Crippen molar-refractivity contribution in [1.29, 1.82) is 0 Å². The molecule has 0 spiro atoms. The summed E-state index contributed by atoms with van der Waals surface area (Å²) in [4.78, 5) is 12.6. The lowest BCUT2D eigenvalue weighted by molar-refractivity contribution is -0.125. The molecule has 2 atom stereocenters. The summed E-state index contributed by atoms with van der Waals surface area (Å²) in [5, 5.41) is 3.18. The Morgan fingerprint density at radius 3 is 2.95 bits per heavy atom. The summed E-state index contributed by atoms with van der Waals surface area (Å²) in [6.45, 7) is 4.72. The molecule has 1 N–H and O–H groups in total. The number of ether oxygens (including phenoxy) is 1. The van der Waals surface area contributed by atoms with Gasteiger partial charge in [-0.3, -0.25) is 4.79 Å². The van der Waals surface area contributed by atoms with Crippen LogP contribution >= 0.6 is 11.6 Å². The highest BCUT2D eigenvalue weighted by atomic mass is 35.5. The predicted molar refractivity (Wildman–Crippen MR) is 81.5 cm³/mol. The molecule has 20 heavy (non-hydrogen) atoms.